The molecule has 0 amide bonds. The minimum Gasteiger partial charge on any atom is -0.382 e. The van der Waals surface area contributed by atoms with Gasteiger partial charge in [0.15, 0.2) is 0 Å². The standard InChI is InChI=1S/C11H12N4O/c1-7-5-9(15-11(12)14-7)10(16)8-3-2-4-13-6-8/h2-6,10,16H,1H3,(H2,12,14,15). The summed E-state index contributed by atoms with van der Waals surface area (Å²) >= 11 is 0. The number of hydrogen-bond donors (Lipinski definition) is 2. The second-order valence-corrected chi connectivity index (χ2v) is 3.48. The summed E-state index contributed by atoms with van der Waals surface area (Å²) in [5.74, 6) is 0.165. The van der Waals surface area contributed by atoms with Gasteiger partial charge in [-0.05, 0) is 19.1 Å². The lowest BCUT2D eigenvalue weighted by molar-refractivity contribution is 0.215. The first-order valence-electron chi connectivity index (χ1n) is 4.86. The Morgan fingerprint density at radius 1 is 1.38 bits per heavy atom. The molecule has 0 bridgehead atoms. The lowest BCUT2D eigenvalue weighted by atomic mass is 10.1. The lowest BCUT2D eigenvalue weighted by Crippen LogP contribution is -2.07. The molecule has 0 fully saturated rings. The van der Waals surface area contributed by atoms with E-state index in [2.05, 4.69) is 15.0 Å². The zero-order valence-corrected chi connectivity index (χ0v) is 8.83. The molecule has 2 aromatic rings. The number of rotatable bonds is 2. The van der Waals surface area contributed by atoms with Crippen molar-refractivity contribution < 1.29 is 5.11 Å². The zero-order chi connectivity index (χ0) is 11.5. The number of nitrogens with two attached hydrogens (primary N) is 1. The number of hydrogen-bond acceptors (Lipinski definition) is 5. The van der Waals surface area contributed by atoms with Crippen LogP contribution in [0, 0.1) is 6.92 Å². The molecule has 0 aliphatic carbocycles. The van der Waals surface area contributed by atoms with Crippen molar-refractivity contribution in [2.75, 3.05) is 5.73 Å². The average Bonchev–Trinajstić information content (AvgIpc) is 2.28. The molecule has 0 aromatic carbocycles. The summed E-state index contributed by atoms with van der Waals surface area (Å²) in [6, 6.07) is 5.25. The first kappa shape index (κ1) is 10.5. The molecule has 1 unspecified atom stereocenters. The first-order valence-corrected chi connectivity index (χ1v) is 4.86. The van der Waals surface area contributed by atoms with E-state index in [4.69, 9.17) is 5.73 Å². The molecule has 2 aromatic heterocycles. The highest BCUT2D eigenvalue weighted by atomic mass is 16.3. The Labute approximate surface area is 93.0 Å². The maximum absolute atomic E-state index is 10.1. The summed E-state index contributed by atoms with van der Waals surface area (Å²) in [5.41, 5.74) is 7.42. The van der Waals surface area contributed by atoms with E-state index in [1.165, 1.54) is 0 Å². The van der Waals surface area contributed by atoms with Crippen molar-refractivity contribution in [2.24, 2.45) is 0 Å². The van der Waals surface area contributed by atoms with E-state index in [1.807, 2.05) is 0 Å². The monoisotopic (exact) mass is 216 g/mol. The molecule has 82 valence electrons. The van der Waals surface area contributed by atoms with Crippen LogP contribution in [0.3, 0.4) is 0 Å². The van der Waals surface area contributed by atoms with Crippen molar-refractivity contribution in [3.8, 4) is 0 Å². The fraction of sp³-hybridized carbons (Fsp3) is 0.182. The van der Waals surface area contributed by atoms with E-state index in [0.717, 1.165) is 5.69 Å². The van der Waals surface area contributed by atoms with Crippen LogP contribution in [0.15, 0.2) is 30.6 Å². The van der Waals surface area contributed by atoms with Gasteiger partial charge in [-0.15, -0.1) is 0 Å². The predicted molar refractivity (Wildman–Crippen MR) is 59.5 cm³/mol. The van der Waals surface area contributed by atoms with E-state index in [9.17, 15) is 5.11 Å². The van der Waals surface area contributed by atoms with Gasteiger partial charge in [0, 0.05) is 23.7 Å². The molecule has 3 N–H and O–H groups in total. The number of aliphatic hydroxyl groups is 1. The lowest BCUT2D eigenvalue weighted by Gasteiger charge is -2.10. The number of nitrogens with zero attached hydrogens (tertiary/aromatic N) is 3. The van der Waals surface area contributed by atoms with Crippen LogP contribution < -0.4 is 5.73 Å². The smallest absolute Gasteiger partial charge is 0.220 e. The highest BCUT2D eigenvalue weighted by molar-refractivity contribution is 5.28. The van der Waals surface area contributed by atoms with Crippen LogP contribution in [-0.2, 0) is 0 Å². The van der Waals surface area contributed by atoms with Crippen molar-refractivity contribution >= 4 is 5.95 Å². The fourth-order valence-electron chi connectivity index (χ4n) is 1.47. The minimum atomic E-state index is -0.822. The summed E-state index contributed by atoms with van der Waals surface area (Å²) in [7, 11) is 0. The molecule has 0 saturated heterocycles. The van der Waals surface area contributed by atoms with Crippen molar-refractivity contribution in [1.29, 1.82) is 0 Å². The molecule has 5 nitrogen and oxygen atoms in total. The maximum Gasteiger partial charge on any atom is 0.220 e. The van der Waals surface area contributed by atoms with Gasteiger partial charge in [0.2, 0.25) is 5.95 Å². The Kier molecular flexibility index (Phi) is 2.78. The molecule has 2 heterocycles. The summed E-state index contributed by atoms with van der Waals surface area (Å²) in [6.07, 6.45) is 2.42. The van der Waals surface area contributed by atoms with Crippen molar-refractivity contribution in [3.63, 3.8) is 0 Å². The van der Waals surface area contributed by atoms with E-state index in [1.54, 1.807) is 37.5 Å². The van der Waals surface area contributed by atoms with Crippen LogP contribution in [0.5, 0.6) is 0 Å². The van der Waals surface area contributed by atoms with Crippen LogP contribution in [0.1, 0.15) is 23.1 Å². The number of pyridine rings is 1. The predicted octanol–water partition coefficient (Wildman–Crippen LogP) is 0.844. The third-order valence-corrected chi connectivity index (χ3v) is 2.17. The molecular weight excluding hydrogens is 204 g/mol. The van der Waals surface area contributed by atoms with Crippen LogP contribution in [0.4, 0.5) is 5.95 Å². The van der Waals surface area contributed by atoms with Gasteiger partial charge >= 0.3 is 0 Å². The highest BCUT2D eigenvalue weighted by Gasteiger charge is 2.13. The van der Waals surface area contributed by atoms with Gasteiger partial charge in [-0.3, -0.25) is 4.98 Å². The molecule has 0 spiro atoms. The fourth-order valence-corrected chi connectivity index (χ4v) is 1.47. The molecule has 0 aliphatic heterocycles. The van der Waals surface area contributed by atoms with Gasteiger partial charge in [0.25, 0.3) is 0 Å². The molecule has 5 heteroatoms. The topological polar surface area (TPSA) is 84.9 Å². The maximum atomic E-state index is 10.1. The van der Waals surface area contributed by atoms with Crippen molar-refractivity contribution in [2.45, 2.75) is 13.0 Å². The van der Waals surface area contributed by atoms with Crippen molar-refractivity contribution in [3.05, 3.63) is 47.5 Å². The summed E-state index contributed by atoms with van der Waals surface area (Å²) in [5, 5.41) is 10.1. The third kappa shape index (κ3) is 2.14. The van der Waals surface area contributed by atoms with E-state index < -0.39 is 6.10 Å². The Balaban J connectivity index is 2.37. The molecule has 0 aliphatic rings. The quantitative estimate of drug-likeness (QED) is 0.777. The van der Waals surface area contributed by atoms with Crippen LogP contribution >= 0.6 is 0 Å². The molecule has 0 saturated carbocycles. The summed E-state index contributed by atoms with van der Waals surface area (Å²) in [4.78, 5) is 11.9. The largest absolute Gasteiger partial charge is 0.382 e. The van der Waals surface area contributed by atoms with Crippen LogP contribution in [0.2, 0.25) is 0 Å². The second kappa shape index (κ2) is 4.24. The van der Waals surface area contributed by atoms with Gasteiger partial charge in [-0.1, -0.05) is 6.07 Å². The minimum absolute atomic E-state index is 0.165. The van der Waals surface area contributed by atoms with E-state index in [-0.39, 0.29) is 5.95 Å². The number of nitrogen functional groups attached to an aromatic ring is 1. The number of aliphatic hydroxyl groups excluding tert-OH is 1. The van der Waals surface area contributed by atoms with Crippen molar-refractivity contribution in [1.82, 2.24) is 15.0 Å². The normalized spacial score (nSPS) is 12.4. The average molecular weight is 216 g/mol. The van der Waals surface area contributed by atoms with Crippen LogP contribution in [-0.4, -0.2) is 20.1 Å². The second-order valence-electron chi connectivity index (χ2n) is 3.48. The Morgan fingerprint density at radius 3 is 2.81 bits per heavy atom. The molecular formula is C11H12N4O. The van der Waals surface area contributed by atoms with Gasteiger partial charge in [0.1, 0.15) is 6.10 Å². The van der Waals surface area contributed by atoms with E-state index in [0.29, 0.717) is 11.3 Å². The summed E-state index contributed by atoms with van der Waals surface area (Å²) < 4.78 is 0. The first-order chi connectivity index (χ1) is 7.66. The van der Waals surface area contributed by atoms with Gasteiger partial charge < -0.3 is 10.8 Å². The highest BCUT2D eigenvalue weighted by Crippen LogP contribution is 2.19. The molecule has 1 atom stereocenters. The third-order valence-electron chi connectivity index (χ3n) is 2.17. The van der Waals surface area contributed by atoms with E-state index >= 15 is 0 Å². The van der Waals surface area contributed by atoms with Gasteiger partial charge in [-0.25, -0.2) is 9.97 Å². The molecule has 16 heavy (non-hydrogen) atoms. The zero-order valence-electron chi connectivity index (χ0n) is 8.83. The summed E-state index contributed by atoms with van der Waals surface area (Å²) in [6.45, 7) is 1.80. The Hall–Kier alpha value is -2.01. The Bertz CT molecular complexity index is 466. The Morgan fingerprint density at radius 2 is 2.19 bits per heavy atom. The van der Waals surface area contributed by atoms with Gasteiger partial charge in [-0.2, -0.15) is 0 Å². The van der Waals surface area contributed by atoms with Gasteiger partial charge in [0.05, 0.1) is 5.69 Å². The molecule has 2 rings (SSSR count). The number of aryl methyl sites for hydroxylation is 1. The SMILES string of the molecule is Cc1cc(C(O)c2cccnc2)nc(N)n1. The number of anilines is 1. The number of aromatic nitrogens is 3. The molecule has 0 radical (unpaired) electrons. The van der Waals surface area contributed by atoms with Crippen LogP contribution in [0.25, 0.3) is 0 Å².